The minimum absolute atomic E-state index is 0.124. The maximum atomic E-state index is 12.4. The van der Waals surface area contributed by atoms with Crippen LogP contribution in [0.4, 0.5) is 13.2 Å². The SMILES string of the molecule is N#CC(C#N)=CNCc1ccccc1CC(F)(F)F. The molecular formula is C13H10F3N3. The lowest BCUT2D eigenvalue weighted by molar-refractivity contribution is -0.127. The number of nitrogens with zero attached hydrogens (tertiary/aromatic N) is 2. The zero-order valence-electron chi connectivity index (χ0n) is 9.83. The van der Waals surface area contributed by atoms with E-state index >= 15 is 0 Å². The van der Waals surface area contributed by atoms with Crippen molar-refractivity contribution in [3.8, 4) is 12.1 Å². The van der Waals surface area contributed by atoms with Crippen LogP contribution >= 0.6 is 0 Å². The summed E-state index contributed by atoms with van der Waals surface area (Å²) in [6, 6.07) is 9.45. The second-order valence-corrected chi connectivity index (χ2v) is 3.72. The van der Waals surface area contributed by atoms with E-state index in [-0.39, 0.29) is 17.7 Å². The van der Waals surface area contributed by atoms with E-state index in [9.17, 15) is 13.2 Å². The minimum atomic E-state index is -4.27. The van der Waals surface area contributed by atoms with E-state index in [1.54, 1.807) is 24.3 Å². The summed E-state index contributed by atoms with van der Waals surface area (Å²) in [7, 11) is 0. The lowest BCUT2D eigenvalue weighted by Crippen LogP contribution is -2.15. The molecule has 0 amide bonds. The predicted octanol–water partition coefficient (Wildman–Crippen LogP) is 2.81. The third-order valence-corrected chi connectivity index (χ3v) is 2.29. The topological polar surface area (TPSA) is 59.6 Å². The number of allylic oxidation sites excluding steroid dienone is 1. The smallest absolute Gasteiger partial charge is 0.385 e. The monoisotopic (exact) mass is 265 g/mol. The van der Waals surface area contributed by atoms with Crippen molar-refractivity contribution >= 4 is 0 Å². The van der Waals surface area contributed by atoms with Crippen LogP contribution in [0.5, 0.6) is 0 Å². The van der Waals surface area contributed by atoms with Crippen LogP contribution in [0.25, 0.3) is 0 Å². The standard InChI is InChI=1S/C13H10F3N3/c14-13(15,16)5-11-3-1-2-4-12(11)9-19-8-10(6-17)7-18/h1-4,8,19H,5,9H2. The van der Waals surface area contributed by atoms with E-state index in [4.69, 9.17) is 10.5 Å². The Morgan fingerprint density at radius 1 is 1.16 bits per heavy atom. The van der Waals surface area contributed by atoms with E-state index < -0.39 is 12.6 Å². The van der Waals surface area contributed by atoms with Crippen molar-refractivity contribution < 1.29 is 13.2 Å². The number of hydrogen-bond acceptors (Lipinski definition) is 3. The van der Waals surface area contributed by atoms with Crippen molar-refractivity contribution in [2.24, 2.45) is 0 Å². The van der Waals surface area contributed by atoms with Gasteiger partial charge in [-0.2, -0.15) is 23.7 Å². The van der Waals surface area contributed by atoms with Crippen LogP contribution in [0.3, 0.4) is 0 Å². The Morgan fingerprint density at radius 2 is 1.74 bits per heavy atom. The third-order valence-electron chi connectivity index (χ3n) is 2.29. The molecular weight excluding hydrogens is 255 g/mol. The van der Waals surface area contributed by atoms with Gasteiger partial charge in [-0.05, 0) is 11.1 Å². The minimum Gasteiger partial charge on any atom is -0.385 e. The van der Waals surface area contributed by atoms with Crippen molar-refractivity contribution in [1.82, 2.24) is 5.32 Å². The van der Waals surface area contributed by atoms with Crippen LogP contribution in [-0.4, -0.2) is 6.18 Å². The molecule has 0 unspecified atom stereocenters. The molecule has 6 heteroatoms. The van der Waals surface area contributed by atoms with Crippen LogP contribution in [0.2, 0.25) is 0 Å². The van der Waals surface area contributed by atoms with Crippen LogP contribution < -0.4 is 5.32 Å². The third kappa shape index (κ3) is 5.13. The Morgan fingerprint density at radius 3 is 2.26 bits per heavy atom. The second kappa shape index (κ2) is 6.46. The number of hydrogen-bond donors (Lipinski definition) is 1. The van der Waals surface area contributed by atoms with Gasteiger partial charge in [0.25, 0.3) is 0 Å². The number of nitrogens with one attached hydrogen (secondary N) is 1. The molecule has 0 heterocycles. The highest BCUT2D eigenvalue weighted by Gasteiger charge is 2.28. The van der Waals surface area contributed by atoms with Gasteiger partial charge in [0.2, 0.25) is 0 Å². The van der Waals surface area contributed by atoms with E-state index in [1.807, 2.05) is 0 Å². The van der Waals surface area contributed by atoms with Gasteiger partial charge in [-0.3, -0.25) is 0 Å². The summed E-state index contributed by atoms with van der Waals surface area (Å²) >= 11 is 0. The Labute approximate surface area is 108 Å². The summed E-state index contributed by atoms with van der Waals surface area (Å²) < 4.78 is 37.1. The fourth-order valence-corrected chi connectivity index (χ4v) is 1.47. The quantitative estimate of drug-likeness (QED) is 0.851. The van der Waals surface area contributed by atoms with Crippen LogP contribution in [-0.2, 0) is 13.0 Å². The van der Waals surface area contributed by atoms with Crippen LogP contribution in [0, 0.1) is 22.7 Å². The Bertz CT molecular complexity index is 531. The summed E-state index contributed by atoms with van der Waals surface area (Å²) in [5.74, 6) is 0. The van der Waals surface area contributed by atoms with Gasteiger partial charge in [0.15, 0.2) is 0 Å². The first-order valence-electron chi connectivity index (χ1n) is 5.33. The van der Waals surface area contributed by atoms with E-state index in [1.165, 1.54) is 18.3 Å². The van der Waals surface area contributed by atoms with E-state index in [2.05, 4.69) is 5.32 Å². The average Bonchev–Trinajstić information content (AvgIpc) is 2.35. The lowest BCUT2D eigenvalue weighted by atomic mass is 10.0. The molecule has 1 N–H and O–H groups in total. The van der Waals surface area contributed by atoms with Gasteiger partial charge in [0.05, 0.1) is 6.42 Å². The predicted molar refractivity (Wildman–Crippen MR) is 62.3 cm³/mol. The highest BCUT2D eigenvalue weighted by atomic mass is 19.4. The van der Waals surface area contributed by atoms with Gasteiger partial charge in [-0.1, -0.05) is 24.3 Å². The number of rotatable bonds is 4. The fourth-order valence-electron chi connectivity index (χ4n) is 1.47. The summed E-state index contributed by atoms with van der Waals surface area (Å²) in [5, 5.41) is 19.7. The van der Waals surface area contributed by atoms with Crippen LogP contribution in [0.1, 0.15) is 11.1 Å². The first kappa shape index (κ1) is 14.6. The summed E-state index contributed by atoms with van der Waals surface area (Å²) in [5.41, 5.74) is 0.519. The van der Waals surface area contributed by atoms with Gasteiger partial charge >= 0.3 is 6.18 Å². The fraction of sp³-hybridized carbons (Fsp3) is 0.231. The second-order valence-electron chi connectivity index (χ2n) is 3.72. The zero-order valence-corrected chi connectivity index (χ0v) is 9.83. The maximum Gasteiger partial charge on any atom is 0.393 e. The Balaban J connectivity index is 2.77. The largest absolute Gasteiger partial charge is 0.393 e. The molecule has 1 aromatic rings. The lowest BCUT2D eigenvalue weighted by Gasteiger charge is -2.11. The first-order chi connectivity index (χ1) is 8.96. The number of halogens is 3. The van der Waals surface area contributed by atoms with Gasteiger partial charge in [-0.15, -0.1) is 0 Å². The molecule has 19 heavy (non-hydrogen) atoms. The molecule has 0 atom stereocenters. The number of alkyl halides is 3. The Kier molecular flexibility index (Phi) is 4.96. The van der Waals surface area contributed by atoms with Crippen molar-refractivity contribution in [3.05, 3.63) is 47.2 Å². The molecule has 0 saturated carbocycles. The molecule has 0 aliphatic carbocycles. The average molecular weight is 265 g/mol. The molecule has 1 rings (SSSR count). The molecule has 0 radical (unpaired) electrons. The summed E-state index contributed by atoms with van der Waals surface area (Å²) in [6.45, 7) is 0.124. The Hall–Kier alpha value is -2.47. The normalized spacial score (nSPS) is 10.2. The van der Waals surface area contributed by atoms with E-state index in [0.29, 0.717) is 5.56 Å². The highest BCUT2D eigenvalue weighted by Crippen LogP contribution is 2.23. The van der Waals surface area contributed by atoms with Crippen molar-refractivity contribution in [2.45, 2.75) is 19.1 Å². The van der Waals surface area contributed by atoms with Gasteiger partial charge in [0.1, 0.15) is 17.7 Å². The molecule has 0 spiro atoms. The molecule has 98 valence electrons. The number of nitriles is 2. The van der Waals surface area contributed by atoms with Gasteiger partial charge in [-0.25, -0.2) is 0 Å². The molecule has 1 aromatic carbocycles. The van der Waals surface area contributed by atoms with Gasteiger partial charge < -0.3 is 5.32 Å². The highest BCUT2D eigenvalue weighted by molar-refractivity contribution is 5.35. The molecule has 0 saturated heterocycles. The first-order valence-corrected chi connectivity index (χ1v) is 5.33. The van der Waals surface area contributed by atoms with Crippen molar-refractivity contribution in [3.63, 3.8) is 0 Å². The summed E-state index contributed by atoms with van der Waals surface area (Å²) in [6.07, 6.45) is -4.08. The number of benzene rings is 1. The summed E-state index contributed by atoms with van der Waals surface area (Å²) in [4.78, 5) is 0. The van der Waals surface area contributed by atoms with Gasteiger partial charge in [0, 0.05) is 12.7 Å². The molecule has 0 fully saturated rings. The van der Waals surface area contributed by atoms with Crippen molar-refractivity contribution in [1.29, 1.82) is 10.5 Å². The molecule has 0 bridgehead atoms. The van der Waals surface area contributed by atoms with E-state index in [0.717, 1.165) is 0 Å². The van der Waals surface area contributed by atoms with Crippen LogP contribution in [0.15, 0.2) is 36.0 Å². The maximum absolute atomic E-state index is 12.4. The van der Waals surface area contributed by atoms with Crippen molar-refractivity contribution in [2.75, 3.05) is 0 Å². The molecule has 0 aliphatic rings. The molecule has 0 aliphatic heterocycles. The molecule has 0 aromatic heterocycles. The molecule has 3 nitrogen and oxygen atoms in total. The zero-order chi connectivity index (χ0) is 14.3.